The van der Waals surface area contributed by atoms with Gasteiger partial charge in [-0.3, -0.25) is 0 Å². The average molecular weight is 287 g/mol. The molecule has 0 atom stereocenters. The number of rotatable bonds is 8. The fraction of sp³-hybridized carbons (Fsp3) is 0.538. The molecule has 0 aliphatic carbocycles. The highest BCUT2D eigenvalue weighted by Crippen LogP contribution is 2.24. The van der Waals surface area contributed by atoms with Gasteiger partial charge in [-0.15, -0.1) is 0 Å². The maximum absolute atomic E-state index is 11.4. The van der Waals surface area contributed by atoms with Crippen molar-refractivity contribution in [2.75, 3.05) is 31.8 Å². The molecule has 1 aromatic carbocycles. The number of benzene rings is 1. The van der Waals surface area contributed by atoms with Crippen LogP contribution in [0.1, 0.15) is 12.5 Å². The summed E-state index contributed by atoms with van der Waals surface area (Å²) in [6.07, 6.45) is 0.660. The molecule has 1 aromatic rings. The van der Waals surface area contributed by atoms with Gasteiger partial charge < -0.3 is 15.2 Å². The van der Waals surface area contributed by atoms with E-state index in [0.717, 1.165) is 11.3 Å². The van der Waals surface area contributed by atoms with E-state index in [1.54, 1.807) is 26.2 Å². The second kappa shape index (κ2) is 7.35. The Morgan fingerprint density at radius 2 is 2.05 bits per heavy atom. The van der Waals surface area contributed by atoms with Crippen LogP contribution in [0.3, 0.4) is 0 Å². The second-order valence-corrected chi connectivity index (χ2v) is 6.57. The van der Waals surface area contributed by atoms with Crippen molar-refractivity contribution >= 4 is 9.84 Å². The van der Waals surface area contributed by atoms with Crippen molar-refractivity contribution in [1.82, 2.24) is 0 Å². The molecular weight excluding hydrogens is 266 g/mol. The third-order valence-electron chi connectivity index (χ3n) is 2.77. The van der Waals surface area contributed by atoms with Gasteiger partial charge in [0.15, 0.2) is 9.84 Å². The van der Waals surface area contributed by atoms with E-state index >= 15 is 0 Å². The molecule has 6 heteroatoms. The van der Waals surface area contributed by atoms with E-state index in [2.05, 4.69) is 0 Å². The molecule has 0 saturated heterocycles. The third kappa shape index (κ3) is 5.08. The van der Waals surface area contributed by atoms with Gasteiger partial charge in [0.05, 0.1) is 12.9 Å². The van der Waals surface area contributed by atoms with Gasteiger partial charge in [-0.1, -0.05) is 6.92 Å². The van der Waals surface area contributed by atoms with E-state index < -0.39 is 9.84 Å². The average Bonchev–Trinajstić information content (AvgIpc) is 2.40. The molecule has 0 amide bonds. The maximum atomic E-state index is 11.4. The normalized spacial score (nSPS) is 11.3. The number of nitrogens with two attached hydrogens (primary N) is 1. The molecule has 2 N–H and O–H groups in total. The fourth-order valence-corrected chi connectivity index (χ4v) is 2.22. The highest BCUT2D eigenvalue weighted by molar-refractivity contribution is 7.91. The summed E-state index contributed by atoms with van der Waals surface area (Å²) >= 11 is 0. The van der Waals surface area contributed by atoms with Gasteiger partial charge in [0.1, 0.15) is 18.1 Å². The highest BCUT2D eigenvalue weighted by atomic mass is 32.2. The minimum Gasteiger partial charge on any atom is -0.497 e. The first-order valence-corrected chi connectivity index (χ1v) is 8.04. The van der Waals surface area contributed by atoms with Gasteiger partial charge in [-0.2, -0.15) is 0 Å². The van der Waals surface area contributed by atoms with Crippen LogP contribution >= 0.6 is 0 Å². The molecule has 0 saturated carbocycles. The molecule has 0 aliphatic heterocycles. The van der Waals surface area contributed by atoms with Gasteiger partial charge in [-0.05, 0) is 36.7 Å². The predicted molar refractivity (Wildman–Crippen MR) is 75.6 cm³/mol. The molecule has 1 rings (SSSR count). The van der Waals surface area contributed by atoms with Crippen LogP contribution in [0.25, 0.3) is 0 Å². The van der Waals surface area contributed by atoms with Crippen molar-refractivity contribution in [3.05, 3.63) is 23.8 Å². The van der Waals surface area contributed by atoms with Crippen LogP contribution in [-0.4, -0.2) is 40.2 Å². The Morgan fingerprint density at radius 3 is 2.63 bits per heavy atom. The van der Waals surface area contributed by atoms with Crippen molar-refractivity contribution in [2.24, 2.45) is 5.73 Å². The van der Waals surface area contributed by atoms with E-state index in [9.17, 15) is 8.42 Å². The molecule has 0 aromatic heterocycles. The first-order valence-electron chi connectivity index (χ1n) is 6.22. The lowest BCUT2D eigenvalue weighted by Gasteiger charge is -2.12. The lowest BCUT2D eigenvalue weighted by molar-refractivity contribution is 0.335. The molecule has 0 unspecified atom stereocenters. The third-order valence-corrected chi connectivity index (χ3v) is 4.44. The lowest BCUT2D eigenvalue weighted by Crippen LogP contribution is -2.16. The standard InChI is InChI=1S/C13H21NO4S/c1-3-19(15,16)9-8-18-13-5-4-12(17-2)10-11(13)6-7-14/h4-5,10H,3,6-9,14H2,1-2H3. The van der Waals surface area contributed by atoms with Crippen LogP contribution in [0.5, 0.6) is 11.5 Å². The molecule has 5 nitrogen and oxygen atoms in total. The molecule has 0 radical (unpaired) electrons. The zero-order chi connectivity index (χ0) is 14.3. The minimum absolute atomic E-state index is 0.0254. The summed E-state index contributed by atoms with van der Waals surface area (Å²) in [5.41, 5.74) is 6.47. The van der Waals surface area contributed by atoms with Gasteiger partial charge in [-0.25, -0.2) is 8.42 Å². The summed E-state index contributed by atoms with van der Waals surface area (Å²) in [4.78, 5) is 0. The minimum atomic E-state index is -3.00. The fourth-order valence-electron chi connectivity index (χ4n) is 1.60. The number of ether oxygens (including phenoxy) is 2. The summed E-state index contributed by atoms with van der Waals surface area (Å²) in [7, 11) is -1.41. The SMILES string of the molecule is CCS(=O)(=O)CCOc1ccc(OC)cc1CCN. The molecule has 0 spiro atoms. The molecule has 0 fully saturated rings. The van der Waals surface area contributed by atoms with Crippen LogP contribution in [0.15, 0.2) is 18.2 Å². The maximum Gasteiger partial charge on any atom is 0.153 e. The summed E-state index contributed by atoms with van der Waals surface area (Å²) < 4.78 is 33.4. The van der Waals surface area contributed by atoms with Crippen molar-refractivity contribution in [2.45, 2.75) is 13.3 Å². The summed E-state index contributed by atoms with van der Waals surface area (Å²) in [6.45, 7) is 2.28. The van der Waals surface area contributed by atoms with E-state index in [1.807, 2.05) is 6.07 Å². The molecule has 108 valence electrons. The first-order chi connectivity index (χ1) is 9.02. The topological polar surface area (TPSA) is 78.6 Å². The Morgan fingerprint density at radius 1 is 1.32 bits per heavy atom. The van der Waals surface area contributed by atoms with E-state index in [1.165, 1.54) is 0 Å². The number of hydrogen-bond donors (Lipinski definition) is 1. The summed E-state index contributed by atoms with van der Waals surface area (Å²) in [6, 6.07) is 5.42. The molecule has 0 heterocycles. The Hall–Kier alpha value is -1.27. The van der Waals surface area contributed by atoms with E-state index in [0.29, 0.717) is 18.7 Å². The van der Waals surface area contributed by atoms with E-state index in [-0.39, 0.29) is 18.1 Å². The Balaban J connectivity index is 2.72. The van der Waals surface area contributed by atoms with Crippen molar-refractivity contribution in [3.63, 3.8) is 0 Å². The molecular formula is C13H21NO4S. The van der Waals surface area contributed by atoms with Crippen molar-refractivity contribution < 1.29 is 17.9 Å². The predicted octanol–water partition coefficient (Wildman–Crippen LogP) is 1.01. The Labute approximate surface area is 114 Å². The zero-order valence-corrected chi connectivity index (χ0v) is 12.2. The van der Waals surface area contributed by atoms with Crippen LogP contribution in [0.2, 0.25) is 0 Å². The van der Waals surface area contributed by atoms with Crippen LogP contribution in [0.4, 0.5) is 0 Å². The number of methoxy groups -OCH3 is 1. The lowest BCUT2D eigenvalue weighted by atomic mass is 10.1. The Kier molecular flexibility index (Phi) is 6.11. The highest BCUT2D eigenvalue weighted by Gasteiger charge is 2.09. The van der Waals surface area contributed by atoms with Crippen molar-refractivity contribution in [3.8, 4) is 11.5 Å². The largest absolute Gasteiger partial charge is 0.497 e. The van der Waals surface area contributed by atoms with Gasteiger partial charge in [0.25, 0.3) is 0 Å². The zero-order valence-electron chi connectivity index (χ0n) is 11.4. The van der Waals surface area contributed by atoms with Crippen LogP contribution in [-0.2, 0) is 16.3 Å². The first kappa shape index (κ1) is 15.8. The molecule has 19 heavy (non-hydrogen) atoms. The van der Waals surface area contributed by atoms with Gasteiger partial charge in [0.2, 0.25) is 0 Å². The monoisotopic (exact) mass is 287 g/mol. The second-order valence-electron chi connectivity index (χ2n) is 4.10. The smallest absolute Gasteiger partial charge is 0.153 e. The van der Waals surface area contributed by atoms with Crippen LogP contribution < -0.4 is 15.2 Å². The van der Waals surface area contributed by atoms with Gasteiger partial charge >= 0.3 is 0 Å². The summed E-state index contributed by atoms with van der Waals surface area (Å²) in [5.74, 6) is 1.56. The quantitative estimate of drug-likeness (QED) is 0.772. The Bertz CT molecular complexity index is 499. The molecule has 0 aliphatic rings. The number of sulfone groups is 1. The number of hydrogen-bond acceptors (Lipinski definition) is 5. The summed E-state index contributed by atoms with van der Waals surface area (Å²) in [5, 5.41) is 0. The van der Waals surface area contributed by atoms with Crippen molar-refractivity contribution in [1.29, 1.82) is 0 Å². The van der Waals surface area contributed by atoms with Gasteiger partial charge in [0, 0.05) is 5.75 Å². The molecule has 0 bridgehead atoms. The van der Waals surface area contributed by atoms with E-state index in [4.69, 9.17) is 15.2 Å². The van der Waals surface area contributed by atoms with Crippen LogP contribution in [0, 0.1) is 0 Å².